The van der Waals surface area contributed by atoms with Crippen LogP contribution in [0.3, 0.4) is 0 Å². The molecule has 1 heterocycles. The number of Topliss-reactive ketones (excluding diaryl/α,β-unsaturated/α-hetero) is 1. The smallest absolute Gasteiger partial charge is 0.218 e. The lowest BCUT2D eigenvalue weighted by Crippen LogP contribution is -2.52. The van der Waals surface area contributed by atoms with Crippen LogP contribution >= 0.6 is 0 Å². The number of carbonyl (C=O) groups is 1. The first-order valence-electron chi connectivity index (χ1n) is 9.26. The normalized spacial score (nSPS) is 36.6. The predicted octanol–water partition coefficient (Wildman–Crippen LogP) is 4.12. The number of carbonyl (C=O) groups excluding carboxylic acids is 1. The van der Waals surface area contributed by atoms with E-state index in [-0.39, 0.29) is 11.7 Å². The zero-order valence-corrected chi connectivity index (χ0v) is 13.8. The van der Waals surface area contributed by atoms with Crippen LogP contribution in [0.2, 0.25) is 0 Å². The molecule has 124 valence electrons. The summed E-state index contributed by atoms with van der Waals surface area (Å²) in [4.78, 5) is 12.7. The van der Waals surface area contributed by atoms with Gasteiger partial charge in [-0.3, -0.25) is 4.79 Å². The third-order valence-corrected chi connectivity index (χ3v) is 5.68. The highest BCUT2D eigenvalue weighted by Gasteiger charge is 2.49. The molecule has 0 N–H and O–H groups in total. The molecule has 1 aliphatic heterocycles. The Bertz CT molecular complexity index is 403. The average Bonchev–Trinajstić information content (AvgIpc) is 2.56. The van der Waals surface area contributed by atoms with E-state index in [0.29, 0.717) is 31.0 Å². The number of hydrogen-bond acceptors (Lipinski definition) is 3. The van der Waals surface area contributed by atoms with Crippen molar-refractivity contribution in [3.05, 3.63) is 12.2 Å². The largest absolute Gasteiger partial charge is 0.346 e. The van der Waals surface area contributed by atoms with Gasteiger partial charge in [-0.25, -0.2) is 0 Å². The SMILES string of the molecule is CCCCCCCCO[C@H]1OC[C@H]2[C@@H](C1=O)[C@H]1C=C[C@@H]2CC1. The summed E-state index contributed by atoms with van der Waals surface area (Å²) in [5.74, 6) is 1.77. The zero-order valence-electron chi connectivity index (χ0n) is 13.8. The number of rotatable bonds is 8. The van der Waals surface area contributed by atoms with Crippen molar-refractivity contribution in [3.63, 3.8) is 0 Å². The minimum atomic E-state index is -0.593. The van der Waals surface area contributed by atoms with Gasteiger partial charge in [0.2, 0.25) is 6.29 Å². The van der Waals surface area contributed by atoms with Crippen LogP contribution in [0.1, 0.15) is 58.3 Å². The summed E-state index contributed by atoms with van der Waals surface area (Å²) in [7, 11) is 0. The van der Waals surface area contributed by atoms with Crippen LogP contribution in [0.4, 0.5) is 0 Å². The van der Waals surface area contributed by atoms with Crippen molar-refractivity contribution in [3.8, 4) is 0 Å². The summed E-state index contributed by atoms with van der Waals surface area (Å²) < 4.78 is 11.5. The van der Waals surface area contributed by atoms with E-state index in [0.717, 1.165) is 12.8 Å². The molecule has 0 unspecified atom stereocenters. The molecular formula is C19H30O3. The van der Waals surface area contributed by atoms with E-state index in [4.69, 9.17) is 9.47 Å². The third-order valence-electron chi connectivity index (χ3n) is 5.68. The molecule has 2 fully saturated rings. The topological polar surface area (TPSA) is 35.5 Å². The Morgan fingerprint density at radius 2 is 1.82 bits per heavy atom. The standard InChI is InChI=1S/C19H30O3/c1-2-3-4-5-6-7-12-21-19-18(20)17-15-10-8-14(9-11-15)16(17)13-22-19/h8,10,14-17,19H,2-7,9,11-13H2,1H3/t14-,15+,16-,17+,19+/m1/s1. The summed E-state index contributed by atoms with van der Waals surface area (Å²) in [6.07, 6.45) is 13.8. The molecule has 0 amide bonds. The van der Waals surface area contributed by atoms with Gasteiger partial charge in [-0.15, -0.1) is 0 Å². The highest BCUT2D eigenvalue weighted by Crippen LogP contribution is 2.47. The first-order chi connectivity index (χ1) is 10.8. The molecule has 3 heteroatoms. The van der Waals surface area contributed by atoms with E-state index in [9.17, 15) is 4.79 Å². The first kappa shape index (κ1) is 16.2. The van der Waals surface area contributed by atoms with Crippen LogP contribution in [-0.2, 0) is 14.3 Å². The fourth-order valence-electron chi connectivity index (χ4n) is 4.39. The number of ether oxygens (including phenoxy) is 2. The van der Waals surface area contributed by atoms with E-state index in [1.54, 1.807) is 0 Å². The average molecular weight is 306 g/mol. The summed E-state index contributed by atoms with van der Waals surface area (Å²) in [5, 5.41) is 0. The molecule has 3 aliphatic carbocycles. The lowest BCUT2D eigenvalue weighted by Gasteiger charge is -2.47. The van der Waals surface area contributed by atoms with Gasteiger partial charge in [0, 0.05) is 5.92 Å². The van der Waals surface area contributed by atoms with E-state index in [2.05, 4.69) is 19.1 Å². The van der Waals surface area contributed by atoms with Crippen LogP contribution in [0.25, 0.3) is 0 Å². The van der Waals surface area contributed by atoms with Crippen molar-refractivity contribution >= 4 is 5.78 Å². The minimum absolute atomic E-state index is 0.159. The maximum atomic E-state index is 12.7. The quantitative estimate of drug-likeness (QED) is 0.500. The van der Waals surface area contributed by atoms with E-state index >= 15 is 0 Å². The van der Waals surface area contributed by atoms with E-state index in [1.165, 1.54) is 38.5 Å². The Morgan fingerprint density at radius 1 is 1.09 bits per heavy atom. The second-order valence-electron chi connectivity index (χ2n) is 7.19. The predicted molar refractivity (Wildman–Crippen MR) is 86.4 cm³/mol. The summed E-state index contributed by atoms with van der Waals surface area (Å²) in [6.45, 7) is 3.59. The van der Waals surface area contributed by atoms with Crippen molar-refractivity contribution in [1.29, 1.82) is 0 Å². The van der Waals surface area contributed by atoms with Crippen molar-refractivity contribution in [2.24, 2.45) is 23.7 Å². The second kappa shape index (κ2) is 7.74. The van der Waals surface area contributed by atoms with Crippen molar-refractivity contribution in [2.75, 3.05) is 13.2 Å². The Balaban J connectivity index is 1.41. The van der Waals surface area contributed by atoms with Gasteiger partial charge in [-0.05, 0) is 37.0 Å². The maximum absolute atomic E-state index is 12.7. The second-order valence-corrected chi connectivity index (χ2v) is 7.19. The maximum Gasteiger partial charge on any atom is 0.218 e. The Morgan fingerprint density at radius 3 is 2.59 bits per heavy atom. The lowest BCUT2D eigenvalue weighted by atomic mass is 9.60. The van der Waals surface area contributed by atoms with Gasteiger partial charge >= 0.3 is 0 Å². The molecule has 4 rings (SSSR count). The van der Waals surface area contributed by atoms with Crippen LogP contribution in [0.5, 0.6) is 0 Å². The van der Waals surface area contributed by atoms with Gasteiger partial charge < -0.3 is 9.47 Å². The molecular weight excluding hydrogens is 276 g/mol. The molecule has 3 nitrogen and oxygen atoms in total. The number of fused-ring (bicyclic) bond motifs is 1. The van der Waals surface area contributed by atoms with Crippen LogP contribution in [0, 0.1) is 23.7 Å². The van der Waals surface area contributed by atoms with Gasteiger partial charge in [0.05, 0.1) is 13.2 Å². The minimum Gasteiger partial charge on any atom is -0.346 e. The van der Waals surface area contributed by atoms with Crippen molar-refractivity contribution in [2.45, 2.75) is 64.6 Å². The fraction of sp³-hybridized carbons (Fsp3) is 0.842. The zero-order chi connectivity index (χ0) is 15.4. The molecule has 0 spiro atoms. The number of ketones is 1. The van der Waals surface area contributed by atoms with Gasteiger partial charge in [0.1, 0.15) is 0 Å². The lowest BCUT2D eigenvalue weighted by molar-refractivity contribution is -0.204. The molecule has 0 aromatic rings. The van der Waals surface area contributed by atoms with Crippen LogP contribution in [-0.4, -0.2) is 25.3 Å². The number of unbranched alkanes of at least 4 members (excludes halogenated alkanes) is 5. The van der Waals surface area contributed by atoms with E-state index in [1.807, 2.05) is 0 Å². The fourth-order valence-corrected chi connectivity index (χ4v) is 4.39. The van der Waals surface area contributed by atoms with Gasteiger partial charge in [0.25, 0.3) is 0 Å². The summed E-state index contributed by atoms with van der Waals surface area (Å²) >= 11 is 0. The van der Waals surface area contributed by atoms with Crippen LogP contribution in [0.15, 0.2) is 12.2 Å². The van der Waals surface area contributed by atoms with Gasteiger partial charge in [-0.2, -0.15) is 0 Å². The molecule has 0 aromatic heterocycles. The molecule has 5 atom stereocenters. The summed E-state index contributed by atoms with van der Waals surface area (Å²) in [6, 6.07) is 0. The molecule has 22 heavy (non-hydrogen) atoms. The molecule has 2 bridgehead atoms. The molecule has 0 radical (unpaired) electrons. The van der Waals surface area contributed by atoms with Gasteiger partial charge in [0.15, 0.2) is 5.78 Å². The molecule has 0 aromatic carbocycles. The molecule has 1 saturated carbocycles. The summed E-state index contributed by atoms with van der Waals surface area (Å²) in [5.41, 5.74) is 0. The number of hydrogen-bond donors (Lipinski definition) is 0. The van der Waals surface area contributed by atoms with Gasteiger partial charge in [-0.1, -0.05) is 51.2 Å². The Kier molecular flexibility index (Phi) is 5.70. The molecule has 1 saturated heterocycles. The Hall–Kier alpha value is -0.670. The van der Waals surface area contributed by atoms with Crippen molar-refractivity contribution < 1.29 is 14.3 Å². The third kappa shape index (κ3) is 3.46. The van der Waals surface area contributed by atoms with E-state index < -0.39 is 6.29 Å². The first-order valence-corrected chi connectivity index (χ1v) is 9.26. The van der Waals surface area contributed by atoms with Crippen LogP contribution < -0.4 is 0 Å². The molecule has 4 aliphatic rings. The highest BCUT2D eigenvalue weighted by atomic mass is 16.7. The monoisotopic (exact) mass is 306 g/mol. The number of allylic oxidation sites excluding steroid dienone is 2. The Labute approximate surface area is 134 Å². The van der Waals surface area contributed by atoms with Crippen molar-refractivity contribution in [1.82, 2.24) is 0 Å². The highest BCUT2D eigenvalue weighted by molar-refractivity contribution is 5.86.